The van der Waals surface area contributed by atoms with Crippen molar-refractivity contribution in [2.45, 2.75) is 19.9 Å². The molecule has 0 spiro atoms. The van der Waals surface area contributed by atoms with Crippen LogP contribution in [0.4, 0.5) is 0 Å². The maximum Gasteiger partial charge on any atom is 0.261 e. The second kappa shape index (κ2) is 5.54. The van der Waals surface area contributed by atoms with Crippen LogP contribution in [-0.2, 0) is 0 Å². The Kier molecular flexibility index (Phi) is 4.53. The van der Waals surface area contributed by atoms with Gasteiger partial charge in [0, 0.05) is 0 Å². The molecule has 0 aliphatic carbocycles. The fourth-order valence-corrected chi connectivity index (χ4v) is 2.10. The summed E-state index contributed by atoms with van der Waals surface area (Å²) in [5, 5.41) is 9.33. The van der Waals surface area contributed by atoms with E-state index in [1.807, 2.05) is 13.8 Å². The first-order valence-electron chi connectivity index (χ1n) is 5.65. The van der Waals surface area contributed by atoms with E-state index >= 15 is 0 Å². The van der Waals surface area contributed by atoms with E-state index < -0.39 is 6.04 Å². The zero-order valence-corrected chi connectivity index (χ0v) is 11.4. The molecule has 0 saturated heterocycles. The van der Waals surface area contributed by atoms with Gasteiger partial charge in [-0.15, -0.1) is 0 Å². The summed E-state index contributed by atoms with van der Waals surface area (Å²) in [6.45, 7) is 3.55. The van der Waals surface area contributed by atoms with Gasteiger partial charge in [0.1, 0.15) is 0 Å². The topological polar surface area (TPSA) is 57.6 Å². The summed E-state index contributed by atoms with van der Waals surface area (Å²) in [5.74, 6) is -0.584. The molecule has 2 rings (SSSR count). The predicted octanol–water partition coefficient (Wildman–Crippen LogP) is 1.41. The number of aliphatic hydroxyl groups is 1. The molecule has 1 atom stereocenters. The third kappa shape index (κ3) is 2.15. The zero-order valence-electron chi connectivity index (χ0n) is 10.4. The molecule has 1 aliphatic heterocycles. The van der Waals surface area contributed by atoms with Crippen molar-refractivity contribution in [1.82, 2.24) is 4.90 Å². The van der Waals surface area contributed by atoms with Crippen molar-refractivity contribution in [2.75, 3.05) is 6.61 Å². The Labute approximate surface area is 113 Å². The van der Waals surface area contributed by atoms with Crippen LogP contribution in [0.15, 0.2) is 24.3 Å². The molecule has 0 unspecified atom stereocenters. The molecule has 1 aromatic rings. The minimum absolute atomic E-state index is 0. The second-order valence-electron chi connectivity index (χ2n) is 4.52. The molecule has 0 saturated carbocycles. The van der Waals surface area contributed by atoms with Crippen LogP contribution < -0.4 is 0 Å². The summed E-state index contributed by atoms with van der Waals surface area (Å²) in [5.41, 5.74) is 0.855. The number of rotatable bonds is 3. The first-order chi connectivity index (χ1) is 8.07. The average Bonchev–Trinajstić information content (AvgIpc) is 2.56. The Bertz CT molecular complexity index is 438. The lowest BCUT2D eigenvalue weighted by Gasteiger charge is -2.27. The number of benzene rings is 1. The summed E-state index contributed by atoms with van der Waals surface area (Å²) in [4.78, 5) is 25.4. The zero-order chi connectivity index (χ0) is 12.6. The molecule has 4 nitrogen and oxygen atoms in total. The van der Waals surface area contributed by atoms with Crippen molar-refractivity contribution >= 4 is 25.3 Å². The first-order valence-corrected chi connectivity index (χ1v) is 5.65. The second-order valence-corrected chi connectivity index (χ2v) is 4.52. The van der Waals surface area contributed by atoms with Crippen molar-refractivity contribution in [1.29, 1.82) is 0 Å². The van der Waals surface area contributed by atoms with Crippen molar-refractivity contribution in [3.63, 3.8) is 0 Å². The van der Waals surface area contributed by atoms with Crippen LogP contribution in [0.5, 0.6) is 0 Å². The molecular weight excluding hydrogens is 250 g/mol. The molecule has 0 aromatic heterocycles. The third-order valence-electron chi connectivity index (χ3n) is 3.11. The van der Waals surface area contributed by atoms with Crippen LogP contribution in [0.25, 0.3) is 0 Å². The van der Waals surface area contributed by atoms with Crippen LogP contribution >= 0.6 is 13.5 Å². The lowest BCUT2D eigenvalue weighted by Crippen LogP contribution is -2.45. The number of nitrogens with zero attached hydrogens (tertiary/aromatic N) is 1. The minimum atomic E-state index is -0.456. The molecule has 1 aliphatic rings. The van der Waals surface area contributed by atoms with Gasteiger partial charge in [-0.1, -0.05) is 26.0 Å². The quantitative estimate of drug-likeness (QED) is 0.842. The van der Waals surface area contributed by atoms with Gasteiger partial charge in [0.05, 0.1) is 23.8 Å². The van der Waals surface area contributed by atoms with Gasteiger partial charge in [0.25, 0.3) is 11.8 Å². The van der Waals surface area contributed by atoms with Crippen LogP contribution in [0.3, 0.4) is 0 Å². The van der Waals surface area contributed by atoms with E-state index in [4.69, 9.17) is 0 Å². The molecule has 18 heavy (non-hydrogen) atoms. The van der Waals surface area contributed by atoms with Crippen LogP contribution in [-0.4, -0.2) is 34.5 Å². The maximum absolute atomic E-state index is 12.1. The summed E-state index contributed by atoms with van der Waals surface area (Å²) in [6, 6.07) is 6.30. The van der Waals surface area contributed by atoms with E-state index in [9.17, 15) is 14.7 Å². The summed E-state index contributed by atoms with van der Waals surface area (Å²) in [7, 11) is 0. The highest BCUT2D eigenvalue weighted by atomic mass is 32.1. The van der Waals surface area contributed by atoms with Gasteiger partial charge in [0.2, 0.25) is 0 Å². The Morgan fingerprint density at radius 3 is 1.89 bits per heavy atom. The highest BCUT2D eigenvalue weighted by Gasteiger charge is 2.40. The normalized spacial score (nSPS) is 15.7. The molecule has 1 aromatic carbocycles. The lowest BCUT2D eigenvalue weighted by atomic mass is 10.0. The van der Waals surface area contributed by atoms with E-state index in [2.05, 4.69) is 0 Å². The number of fused-ring (bicyclic) bond motifs is 1. The smallest absolute Gasteiger partial charge is 0.261 e. The maximum atomic E-state index is 12.1. The Balaban J connectivity index is 0.00000162. The number of hydrogen-bond donors (Lipinski definition) is 1. The molecule has 0 radical (unpaired) electrons. The number of carbonyl (C=O) groups excluding carboxylic acids is 2. The molecule has 0 bridgehead atoms. The van der Waals surface area contributed by atoms with E-state index in [1.165, 1.54) is 4.90 Å². The number of aliphatic hydroxyl groups excluding tert-OH is 1. The Morgan fingerprint density at radius 1 is 1.11 bits per heavy atom. The average molecular weight is 267 g/mol. The van der Waals surface area contributed by atoms with Crippen molar-refractivity contribution in [2.24, 2.45) is 5.92 Å². The lowest BCUT2D eigenvalue weighted by molar-refractivity contribution is 0.0452. The summed E-state index contributed by atoms with van der Waals surface area (Å²) >= 11 is 0. The van der Waals surface area contributed by atoms with Crippen molar-refractivity contribution in [3.8, 4) is 0 Å². The van der Waals surface area contributed by atoms with Crippen molar-refractivity contribution in [3.05, 3.63) is 35.4 Å². The predicted molar refractivity (Wildman–Crippen MR) is 73.0 cm³/mol. The van der Waals surface area contributed by atoms with E-state index in [-0.39, 0.29) is 37.8 Å². The molecule has 1 heterocycles. The van der Waals surface area contributed by atoms with E-state index in [0.29, 0.717) is 11.1 Å². The van der Waals surface area contributed by atoms with E-state index in [1.54, 1.807) is 24.3 Å². The standard InChI is InChI=1S/C13H15NO3.H2S/c1-8(2)11(7-15)14-12(16)9-5-3-4-6-10(9)13(14)17;/h3-6,8,11,15H,7H2,1-2H3;1H2/t11-;/m1./s1. The van der Waals surface area contributed by atoms with Gasteiger partial charge < -0.3 is 5.11 Å². The first kappa shape index (κ1) is 14.7. The number of hydrogen-bond acceptors (Lipinski definition) is 3. The molecule has 1 N–H and O–H groups in total. The number of amides is 2. The molecule has 2 amide bonds. The summed E-state index contributed by atoms with van der Waals surface area (Å²) in [6.07, 6.45) is 0. The monoisotopic (exact) mass is 267 g/mol. The molecule has 5 heteroatoms. The van der Waals surface area contributed by atoms with Gasteiger partial charge >= 0.3 is 0 Å². The Morgan fingerprint density at radius 2 is 1.56 bits per heavy atom. The molecule has 98 valence electrons. The number of imide groups is 1. The fraction of sp³-hybridized carbons (Fsp3) is 0.385. The van der Waals surface area contributed by atoms with Gasteiger partial charge in [-0.2, -0.15) is 13.5 Å². The van der Waals surface area contributed by atoms with Crippen molar-refractivity contribution < 1.29 is 14.7 Å². The van der Waals surface area contributed by atoms with Crippen LogP contribution in [0, 0.1) is 5.92 Å². The van der Waals surface area contributed by atoms with E-state index in [0.717, 1.165) is 0 Å². The van der Waals surface area contributed by atoms with Crippen LogP contribution in [0.1, 0.15) is 34.6 Å². The third-order valence-corrected chi connectivity index (χ3v) is 3.11. The van der Waals surface area contributed by atoms with Gasteiger partial charge in [-0.05, 0) is 18.1 Å². The summed E-state index contributed by atoms with van der Waals surface area (Å²) < 4.78 is 0. The minimum Gasteiger partial charge on any atom is -0.394 e. The SMILES string of the molecule is CC(C)[C@@H](CO)N1C(=O)c2ccccc2C1=O.S. The largest absolute Gasteiger partial charge is 0.394 e. The number of carbonyl (C=O) groups is 2. The molecule has 0 fully saturated rings. The van der Waals surface area contributed by atoms with Crippen LogP contribution in [0.2, 0.25) is 0 Å². The highest BCUT2D eigenvalue weighted by molar-refractivity contribution is 7.59. The fourth-order valence-electron chi connectivity index (χ4n) is 2.10. The van der Waals surface area contributed by atoms with Gasteiger partial charge in [-0.25, -0.2) is 0 Å². The Hall–Kier alpha value is -1.33. The van der Waals surface area contributed by atoms with Gasteiger partial charge in [-0.3, -0.25) is 14.5 Å². The highest BCUT2D eigenvalue weighted by Crippen LogP contribution is 2.26. The van der Waals surface area contributed by atoms with Gasteiger partial charge in [0.15, 0.2) is 0 Å². The molecular formula is C13H17NO3S.